The summed E-state index contributed by atoms with van der Waals surface area (Å²) in [4.78, 5) is 11.5. The third-order valence-electron chi connectivity index (χ3n) is 4.80. The van der Waals surface area contributed by atoms with Crippen LogP contribution >= 0.6 is 12.4 Å². The van der Waals surface area contributed by atoms with Gasteiger partial charge in [0, 0.05) is 23.7 Å². The third-order valence-corrected chi connectivity index (χ3v) is 4.80. The number of nitrogens with zero attached hydrogens (tertiary/aromatic N) is 1. The van der Waals surface area contributed by atoms with Crippen molar-refractivity contribution in [2.75, 3.05) is 7.11 Å². The van der Waals surface area contributed by atoms with Crippen LogP contribution in [0.1, 0.15) is 54.4 Å². The number of aromatic nitrogens is 2. The average molecular weight is 374 g/mol. The zero-order chi connectivity index (χ0) is 17.8. The summed E-state index contributed by atoms with van der Waals surface area (Å²) in [5.74, 6) is 0.795. The van der Waals surface area contributed by atoms with Gasteiger partial charge in [0.05, 0.1) is 18.5 Å². The summed E-state index contributed by atoms with van der Waals surface area (Å²) in [6.45, 7) is 6.59. The summed E-state index contributed by atoms with van der Waals surface area (Å²) >= 11 is 0. The number of H-pyrrole nitrogens is 2. The van der Waals surface area contributed by atoms with Gasteiger partial charge in [-0.3, -0.25) is 0 Å². The summed E-state index contributed by atoms with van der Waals surface area (Å²) in [5.41, 5.74) is 7.90. The number of unbranched alkanes of at least 4 members (excludes halogenated alkanes) is 2. The standard InChI is InChI=1S/C21H27N3O.ClH/c1-5-6-7-9-16-14(2)18(23-15(16)3)12-20-21(25-4)13-19(24-20)17-10-8-11-22-17;/h8,10-13,22-23H,5-7,9H2,1-4H3;1H/b20-12-;. The molecule has 1 aliphatic heterocycles. The molecular weight excluding hydrogens is 346 g/mol. The van der Waals surface area contributed by atoms with Gasteiger partial charge >= 0.3 is 0 Å². The van der Waals surface area contributed by atoms with Crippen LogP contribution in [0, 0.1) is 13.8 Å². The van der Waals surface area contributed by atoms with E-state index in [1.54, 1.807) is 7.11 Å². The number of aromatic amines is 2. The average Bonchev–Trinajstić information content (AvgIpc) is 3.31. The van der Waals surface area contributed by atoms with E-state index in [0.29, 0.717) is 0 Å². The Morgan fingerprint density at radius 1 is 1.23 bits per heavy atom. The zero-order valence-electron chi connectivity index (χ0n) is 16.0. The molecule has 2 aromatic rings. The van der Waals surface area contributed by atoms with Crippen LogP contribution in [0.4, 0.5) is 0 Å². The molecule has 0 saturated carbocycles. The first-order valence-corrected chi connectivity index (χ1v) is 9.02. The van der Waals surface area contributed by atoms with E-state index in [0.717, 1.165) is 35.0 Å². The van der Waals surface area contributed by atoms with E-state index in [4.69, 9.17) is 9.73 Å². The van der Waals surface area contributed by atoms with Gasteiger partial charge in [0.25, 0.3) is 0 Å². The fourth-order valence-corrected chi connectivity index (χ4v) is 3.33. The number of hydrogen-bond donors (Lipinski definition) is 2. The summed E-state index contributed by atoms with van der Waals surface area (Å²) in [6, 6.07) is 3.99. The first kappa shape index (κ1) is 20.1. The van der Waals surface area contributed by atoms with Crippen molar-refractivity contribution in [3.63, 3.8) is 0 Å². The summed E-state index contributed by atoms with van der Waals surface area (Å²) in [5, 5.41) is 0. The van der Waals surface area contributed by atoms with E-state index in [-0.39, 0.29) is 12.4 Å². The Hall–Kier alpha value is -2.20. The van der Waals surface area contributed by atoms with Crippen LogP contribution in [-0.2, 0) is 11.2 Å². The number of aryl methyl sites for hydroxylation is 1. The van der Waals surface area contributed by atoms with Gasteiger partial charge in [-0.25, -0.2) is 4.99 Å². The number of nitrogens with one attached hydrogen (secondary N) is 2. The lowest BCUT2D eigenvalue weighted by Gasteiger charge is -2.03. The number of aliphatic imine (C=N–C) groups is 1. The van der Waals surface area contributed by atoms with Crippen molar-refractivity contribution in [2.45, 2.75) is 46.5 Å². The topological polar surface area (TPSA) is 53.2 Å². The van der Waals surface area contributed by atoms with Crippen molar-refractivity contribution in [1.82, 2.24) is 9.97 Å². The minimum atomic E-state index is 0. The monoisotopic (exact) mass is 373 g/mol. The smallest absolute Gasteiger partial charge is 0.146 e. The molecule has 4 nitrogen and oxygen atoms in total. The maximum Gasteiger partial charge on any atom is 0.146 e. The van der Waals surface area contributed by atoms with Crippen molar-refractivity contribution in [2.24, 2.45) is 4.99 Å². The van der Waals surface area contributed by atoms with Crippen LogP contribution in [0.3, 0.4) is 0 Å². The lowest BCUT2D eigenvalue weighted by Crippen LogP contribution is -1.93. The molecule has 0 fully saturated rings. The highest BCUT2D eigenvalue weighted by atomic mass is 35.5. The molecule has 3 heterocycles. The number of methoxy groups -OCH3 is 1. The van der Waals surface area contributed by atoms with Crippen molar-refractivity contribution in [3.05, 3.63) is 64.1 Å². The molecule has 0 aromatic carbocycles. The number of ether oxygens (including phenoxy) is 1. The van der Waals surface area contributed by atoms with Gasteiger partial charge in [-0.1, -0.05) is 19.8 Å². The van der Waals surface area contributed by atoms with E-state index >= 15 is 0 Å². The third kappa shape index (κ3) is 4.13. The van der Waals surface area contributed by atoms with Crippen LogP contribution in [0.2, 0.25) is 0 Å². The minimum Gasteiger partial charge on any atom is -0.494 e. The highest BCUT2D eigenvalue weighted by molar-refractivity contribution is 6.11. The lowest BCUT2D eigenvalue weighted by atomic mass is 10.0. The predicted octanol–water partition coefficient (Wildman–Crippen LogP) is 5.49. The predicted molar refractivity (Wildman–Crippen MR) is 111 cm³/mol. The zero-order valence-corrected chi connectivity index (χ0v) is 16.8. The summed E-state index contributed by atoms with van der Waals surface area (Å²) < 4.78 is 5.53. The molecular formula is C21H28ClN3O. The Balaban J connectivity index is 0.00000243. The quantitative estimate of drug-likeness (QED) is 0.619. The van der Waals surface area contributed by atoms with Gasteiger partial charge in [-0.15, -0.1) is 12.4 Å². The fourth-order valence-electron chi connectivity index (χ4n) is 3.33. The van der Waals surface area contributed by atoms with Gasteiger partial charge in [-0.2, -0.15) is 0 Å². The molecule has 0 radical (unpaired) electrons. The molecule has 0 atom stereocenters. The normalized spacial score (nSPS) is 15.0. The van der Waals surface area contributed by atoms with Crippen LogP contribution in [-0.4, -0.2) is 22.8 Å². The Morgan fingerprint density at radius 2 is 2.04 bits per heavy atom. The van der Waals surface area contributed by atoms with E-state index < -0.39 is 0 Å². The number of halogens is 1. The Labute approximate surface area is 161 Å². The molecule has 3 rings (SSSR count). The Morgan fingerprint density at radius 3 is 2.69 bits per heavy atom. The van der Waals surface area contributed by atoms with Crippen LogP contribution in [0.25, 0.3) is 6.08 Å². The molecule has 0 unspecified atom stereocenters. The summed E-state index contributed by atoms with van der Waals surface area (Å²) in [7, 11) is 1.69. The molecule has 1 aliphatic rings. The highest BCUT2D eigenvalue weighted by Crippen LogP contribution is 2.27. The molecule has 0 spiro atoms. The van der Waals surface area contributed by atoms with Crippen LogP contribution in [0.15, 0.2) is 40.9 Å². The second kappa shape index (κ2) is 8.95. The number of hydrogen-bond acceptors (Lipinski definition) is 2. The first-order chi connectivity index (χ1) is 12.1. The molecule has 0 aliphatic carbocycles. The van der Waals surface area contributed by atoms with E-state index in [9.17, 15) is 0 Å². The largest absolute Gasteiger partial charge is 0.494 e. The van der Waals surface area contributed by atoms with Crippen LogP contribution in [0.5, 0.6) is 0 Å². The second-order valence-corrected chi connectivity index (χ2v) is 6.55. The van der Waals surface area contributed by atoms with Crippen molar-refractivity contribution in [3.8, 4) is 0 Å². The van der Waals surface area contributed by atoms with E-state index in [2.05, 4.69) is 36.8 Å². The maximum atomic E-state index is 5.53. The maximum absolute atomic E-state index is 5.53. The molecule has 26 heavy (non-hydrogen) atoms. The molecule has 0 amide bonds. The van der Waals surface area contributed by atoms with Crippen molar-refractivity contribution < 1.29 is 4.74 Å². The lowest BCUT2D eigenvalue weighted by molar-refractivity contribution is 0.303. The SMILES string of the molecule is CCCCCc1c(C)[nH]c(/C=C2\N=C(c3ccc[nH]3)C=C2OC)c1C.Cl. The van der Waals surface area contributed by atoms with Crippen LogP contribution < -0.4 is 0 Å². The number of rotatable bonds is 7. The van der Waals surface area contributed by atoms with Gasteiger partial charge in [0.1, 0.15) is 11.5 Å². The number of allylic oxidation sites excluding steroid dienone is 1. The molecule has 5 heteroatoms. The minimum absolute atomic E-state index is 0. The summed E-state index contributed by atoms with van der Waals surface area (Å²) in [6.07, 6.45) is 10.9. The van der Waals surface area contributed by atoms with E-state index in [1.807, 2.05) is 24.4 Å². The molecule has 2 aromatic heterocycles. The van der Waals surface area contributed by atoms with Crippen molar-refractivity contribution in [1.29, 1.82) is 0 Å². The Bertz CT molecular complexity index is 826. The first-order valence-electron chi connectivity index (χ1n) is 9.02. The highest BCUT2D eigenvalue weighted by Gasteiger charge is 2.18. The van der Waals surface area contributed by atoms with Gasteiger partial charge in [0.15, 0.2) is 0 Å². The second-order valence-electron chi connectivity index (χ2n) is 6.55. The molecule has 140 valence electrons. The van der Waals surface area contributed by atoms with Gasteiger partial charge in [0.2, 0.25) is 0 Å². The Kier molecular flexibility index (Phi) is 6.92. The molecule has 0 saturated heterocycles. The van der Waals surface area contributed by atoms with Gasteiger partial charge < -0.3 is 14.7 Å². The van der Waals surface area contributed by atoms with E-state index in [1.165, 1.54) is 36.1 Å². The van der Waals surface area contributed by atoms with Crippen molar-refractivity contribution >= 4 is 24.2 Å². The molecule has 0 bridgehead atoms. The fraction of sp³-hybridized carbons (Fsp3) is 0.381. The molecule has 2 N–H and O–H groups in total. The van der Waals surface area contributed by atoms with Gasteiger partial charge in [-0.05, 0) is 56.0 Å².